The van der Waals surface area contributed by atoms with Crippen LogP contribution in [0.25, 0.3) is 0 Å². The highest BCUT2D eigenvalue weighted by molar-refractivity contribution is 7.89. The summed E-state index contributed by atoms with van der Waals surface area (Å²) < 4.78 is 27.9. The van der Waals surface area contributed by atoms with Gasteiger partial charge < -0.3 is 19.7 Å². The van der Waals surface area contributed by atoms with Crippen LogP contribution in [-0.4, -0.2) is 68.4 Å². The third-order valence-corrected chi connectivity index (χ3v) is 10.1. The predicted octanol–water partition coefficient (Wildman–Crippen LogP) is 4.11. The molecule has 0 aromatic heterocycles. The van der Waals surface area contributed by atoms with E-state index in [2.05, 4.69) is 11.0 Å². The molecule has 0 radical (unpaired) electrons. The second-order valence-corrected chi connectivity index (χ2v) is 13.2. The highest BCUT2D eigenvalue weighted by Crippen LogP contribution is 2.32. The molecule has 1 saturated heterocycles. The number of carboxylic acid groups (broad SMARTS) is 1. The summed E-state index contributed by atoms with van der Waals surface area (Å²) >= 11 is 0. The molecular formula is C33H39N4O4S-. The van der Waals surface area contributed by atoms with Gasteiger partial charge in [-0.25, -0.2) is 8.42 Å². The van der Waals surface area contributed by atoms with Gasteiger partial charge in [0.1, 0.15) is 6.09 Å². The topological polar surface area (TPSA) is 108 Å². The number of likely N-dealkylation sites (N-methyl/N-ethyl adjacent to an activating group) is 1. The zero-order valence-electron chi connectivity index (χ0n) is 24.1. The number of rotatable bonds is 13. The van der Waals surface area contributed by atoms with E-state index in [1.165, 1.54) is 16.3 Å². The molecule has 3 aromatic rings. The number of likely N-dealkylation sites (tertiary alicyclic amines) is 1. The van der Waals surface area contributed by atoms with E-state index in [1.54, 1.807) is 30.3 Å². The molecule has 0 spiro atoms. The number of hydrogen-bond donors (Lipinski definition) is 0. The minimum Gasteiger partial charge on any atom is -0.530 e. The largest absolute Gasteiger partial charge is 0.530 e. The Labute approximate surface area is 249 Å². The Kier molecular flexibility index (Phi) is 10.7. The molecule has 1 atom stereocenters. The number of carbonyl (C=O) groups is 1. The molecule has 1 aliphatic rings. The number of carbonyl (C=O) groups excluding carboxylic acids is 1. The van der Waals surface area contributed by atoms with Crippen LogP contribution in [0, 0.1) is 17.2 Å². The van der Waals surface area contributed by atoms with Crippen molar-refractivity contribution in [3.63, 3.8) is 0 Å². The third-order valence-electron chi connectivity index (χ3n) is 8.33. The summed E-state index contributed by atoms with van der Waals surface area (Å²) in [6.07, 6.45) is 2.01. The van der Waals surface area contributed by atoms with Crippen LogP contribution in [0.1, 0.15) is 36.8 Å². The second kappa shape index (κ2) is 14.5. The van der Waals surface area contributed by atoms with Gasteiger partial charge in [0.2, 0.25) is 10.0 Å². The Morgan fingerprint density at radius 1 is 0.976 bits per heavy atom. The fraction of sp³-hybridized carbons (Fsp3) is 0.394. The molecule has 0 aliphatic carbocycles. The zero-order valence-corrected chi connectivity index (χ0v) is 25.0. The summed E-state index contributed by atoms with van der Waals surface area (Å²) in [5, 5.41) is 22.2. The average Bonchev–Trinajstić information content (AvgIpc) is 3.03. The Balaban J connectivity index is 1.36. The maximum Gasteiger partial charge on any atom is 0.242 e. The van der Waals surface area contributed by atoms with Gasteiger partial charge in [0.05, 0.1) is 16.4 Å². The third kappa shape index (κ3) is 7.97. The van der Waals surface area contributed by atoms with Gasteiger partial charge in [-0.15, -0.1) is 0 Å². The first-order valence-corrected chi connectivity index (χ1v) is 15.9. The van der Waals surface area contributed by atoms with Crippen LogP contribution < -0.4 is 5.11 Å². The maximum absolute atomic E-state index is 13.3. The summed E-state index contributed by atoms with van der Waals surface area (Å²) in [6, 6.07) is 29.8. The average molecular weight is 588 g/mol. The first-order valence-electron chi connectivity index (χ1n) is 14.4. The molecule has 1 heterocycles. The van der Waals surface area contributed by atoms with E-state index in [-0.39, 0.29) is 11.4 Å². The normalized spacial score (nSPS) is 16.0. The zero-order chi connectivity index (χ0) is 30.0. The molecule has 1 amide bonds. The Morgan fingerprint density at radius 3 is 2.12 bits per heavy atom. The predicted molar refractivity (Wildman–Crippen MR) is 161 cm³/mol. The summed E-state index contributed by atoms with van der Waals surface area (Å²) in [5.41, 5.74) is 0.734. The van der Waals surface area contributed by atoms with E-state index in [0.29, 0.717) is 32.0 Å². The van der Waals surface area contributed by atoms with Crippen molar-refractivity contribution in [1.29, 1.82) is 5.26 Å². The van der Waals surface area contributed by atoms with Crippen molar-refractivity contribution in [3.05, 3.63) is 102 Å². The van der Waals surface area contributed by atoms with Crippen molar-refractivity contribution in [1.82, 2.24) is 14.1 Å². The monoisotopic (exact) mass is 587 g/mol. The number of benzene rings is 3. The van der Waals surface area contributed by atoms with Crippen LogP contribution in [0.2, 0.25) is 0 Å². The Morgan fingerprint density at radius 2 is 1.55 bits per heavy atom. The quantitative estimate of drug-likeness (QED) is 0.298. The maximum atomic E-state index is 13.3. The molecule has 222 valence electrons. The van der Waals surface area contributed by atoms with E-state index in [0.717, 1.165) is 43.5 Å². The summed E-state index contributed by atoms with van der Waals surface area (Å²) in [4.78, 5) is 15.6. The van der Waals surface area contributed by atoms with Crippen LogP contribution >= 0.6 is 0 Å². The molecule has 0 saturated carbocycles. The van der Waals surface area contributed by atoms with Crippen LogP contribution in [0.4, 0.5) is 4.79 Å². The number of amides is 1. The van der Waals surface area contributed by atoms with Crippen LogP contribution in [0.5, 0.6) is 0 Å². The van der Waals surface area contributed by atoms with E-state index in [4.69, 9.17) is 0 Å². The molecule has 42 heavy (non-hydrogen) atoms. The molecule has 3 aromatic carbocycles. The molecule has 0 N–H and O–H groups in total. The minimum atomic E-state index is -3.76. The van der Waals surface area contributed by atoms with Gasteiger partial charge in [-0.3, -0.25) is 0 Å². The van der Waals surface area contributed by atoms with Crippen molar-refractivity contribution in [2.75, 3.05) is 39.8 Å². The molecule has 1 aliphatic heterocycles. The van der Waals surface area contributed by atoms with Crippen molar-refractivity contribution in [2.45, 2.75) is 42.5 Å². The van der Waals surface area contributed by atoms with Crippen molar-refractivity contribution in [3.8, 4) is 6.07 Å². The Bertz CT molecular complexity index is 1420. The van der Waals surface area contributed by atoms with E-state index < -0.39 is 21.5 Å². The number of nitriles is 1. The van der Waals surface area contributed by atoms with Gasteiger partial charge in [0.25, 0.3) is 0 Å². The highest BCUT2D eigenvalue weighted by atomic mass is 32.2. The lowest BCUT2D eigenvalue weighted by Crippen LogP contribution is -2.44. The van der Waals surface area contributed by atoms with Crippen LogP contribution in [0.15, 0.2) is 95.9 Å². The van der Waals surface area contributed by atoms with E-state index in [9.17, 15) is 23.6 Å². The SMILES string of the molecule is CN(CC(C#N)(CCN1CCC(CCN(Cc2ccccc2)C(=O)[O-])CC1)c1ccccc1)S(=O)(=O)c1ccccc1. The smallest absolute Gasteiger partial charge is 0.242 e. The molecule has 8 nitrogen and oxygen atoms in total. The second-order valence-electron chi connectivity index (χ2n) is 11.1. The molecule has 4 rings (SSSR count). The molecule has 1 fully saturated rings. The summed E-state index contributed by atoms with van der Waals surface area (Å²) in [5.74, 6) is 0.413. The van der Waals surface area contributed by atoms with Crippen molar-refractivity contribution < 1.29 is 18.3 Å². The van der Waals surface area contributed by atoms with Gasteiger partial charge in [-0.2, -0.15) is 9.57 Å². The van der Waals surface area contributed by atoms with E-state index in [1.807, 2.05) is 60.7 Å². The number of piperidine rings is 1. The number of nitrogens with zero attached hydrogens (tertiary/aromatic N) is 4. The first kappa shape index (κ1) is 31.2. The first-order chi connectivity index (χ1) is 20.2. The minimum absolute atomic E-state index is 0.0433. The van der Waals surface area contributed by atoms with Crippen LogP contribution in [-0.2, 0) is 22.0 Å². The number of sulfonamides is 1. The molecular weight excluding hydrogens is 548 g/mol. The highest BCUT2D eigenvalue weighted by Gasteiger charge is 2.38. The molecule has 0 bridgehead atoms. The summed E-state index contributed by atoms with van der Waals surface area (Å²) in [7, 11) is -2.22. The van der Waals surface area contributed by atoms with Gasteiger partial charge in [-0.1, -0.05) is 78.9 Å². The van der Waals surface area contributed by atoms with Gasteiger partial charge in [0, 0.05) is 33.2 Å². The fourth-order valence-corrected chi connectivity index (χ4v) is 6.94. The number of hydrogen-bond acceptors (Lipinski definition) is 6. The lowest BCUT2D eigenvalue weighted by Gasteiger charge is -2.37. The standard InChI is InChI=1S/C33H40N4O4S/c1-35(42(40,41)31-15-9-4-10-16-31)27-33(26-34,30-13-7-3-8-14-30)20-24-36-21-17-28(18-22-36)19-23-37(32(38)39)25-29-11-5-2-6-12-29/h2-16,28H,17-25,27H2,1H3,(H,38,39)/p-1. The van der Waals surface area contributed by atoms with Gasteiger partial charge in [-0.05, 0) is 68.0 Å². The van der Waals surface area contributed by atoms with Crippen molar-refractivity contribution in [2.24, 2.45) is 5.92 Å². The lowest BCUT2D eigenvalue weighted by atomic mass is 9.78. The molecule has 9 heteroatoms. The van der Waals surface area contributed by atoms with Gasteiger partial charge in [0.15, 0.2) is 0 Å². The van der Waals surface area contributed by atoms with Crippen molar-refractivity contribution >= 4 is 16.1 Å². The Hall–Kier alpha value is -3.71. The molecule has 1 unspecified atom stereocenters. The lowest BCUT2D eigenvalue weighted by molar-refractivity contribution is -0.266. The summed E-state index contributed by atoms with van der Waals surface area (Å²) in [6.45, 7) is 3.17. The van der Waals surface area contributed by atoms with E-state index >= 15 is 0 Å². The fourth-order valence-electron chi connectivity index (χ4n) is 5.69. The van der Waals surface area contributed by atoms with Gasteiger partial charge >= 0.3 is 0 Å². The van der Waals surface area contributed by atoms with Crippen LogP contribution in [0.3, 0.4) is 0 Å².